The third-order valence-corrected chi connectivity index (χ3v) is 4.05. The van der Waals surface area contributed by atoms with Crippen molar-refractivity contribution in [2.24, 2.45) is 5.92 Å². The fourth-order valence-electron chi connectivity index (χ4n) is 2.79. The third-order valence-electron chi connectivity index (χ3n) is 4.05. The van der Waals surface area contributed by atoms with E-state index in [0.717, 1.165) is 18.1 Å². The number of nitrogens with one attached hydrogen (secondary N) is 1. The van der Waals surface area contributed by atoms with E-state index in [1.165, 1.54) is 43.4 Å². The summed E-state index contributed by atoms with van der Waals surface area (Å²) in [5, 5.41) is 3.72. The van der Waals surface area contributed by atoms with E-state index in [0.29, 0.717) is 6.04 Å². The van der Waals surface area contributed by atoms with Crippen LogP contribution < -0.4 is 10.1 Å². The lowest BCUT2D eigenvalue weighted by Gasteiger charge is -2.26. The molecule has 17 heavy (non-hydrogen) atoms. The van der Waals surface area contributed by atoms with Crippen molar-refractivity contribution in [1.82, 2.24) is 5.32 Å². The maximum Gasteiger partial charge on any atom is 0.122 e. The van der Waals surface area contributed by atoms with Crippen LogP contribution >= 0.6 is 0 Å². The standard InChI is InChI=1S/C15H21NO/c1-17-15-4-2-3-12-9-13(7-8-14(12)15)16-10-11-5-6-11/h2-4,11,13,16H,5-10H2,1H3. The van der Waals surface area contributed by atoms with Gasteiger partial charge in [-0.05, 0) is 61.8 Å². The molecule has 3 rings (SSSR count). The molecule has 0 aromatic heterocycles. The van der Waals surface area contributed by atoms with Crippen molar-refractivity contribution >= 4 is 0 Å². The molecule has 2 aliphatic rings. The Morgan fingerprint density at radius 2 is 2.18 bits per heavy atom. The van der Waals surface area contributed by atoms with Gasteiger partial charge in [0.1, 0.15) is 5.75 Å². The van der Waals surface area contributed by atoms with Crippen LogP contribution in [0.3, 0.4) is 0 Å². The Bertz CT molecular complexity index is 398. The lowest BCUT2D eigenvalue weighted by Crippen LogP contribution is -2.35. The van der Waals surface area contributed by atoms with Crippen LogP contribution in [0.5, 0.6) is 5.75 Å². The molecule has 0 aliphatic heterocycles. The highest BCUT2D eigenvalue weighted by Gasteiger charge is 2.25. The fourth-order valence-corrected chi connectivity index (χ4v) is 2.79. The SMILES string of the molecule is COc1cccc2c1CCC(NCC1CC1)C2. The second kappa shape index (κ2) is 4.69. The van der Waals surface area contributed by atoms with E-state index in [9.17, 15) is 0 Å². The zero-order valence-electron chi connectivity index (χ0n) is 10.5. The van der Waals surface area contributed by atoms with Gasteiger partial charge in [-0.1, -0.05) is 12.1 Å². The van der Waals surface area contributed by atoms with Crippen molar-refractivity contribution in [3.8, 4) is 5.75 Å². The fraction of sp³-hybridized carbons (Fsp3) is 0.600. The van der Waals surface area contributed by atoms with Gasteiger partial charge in [0.15, 0.2) is 0 Å². The van der Waals surface area contributed by atoms with Crippen molar-refractivity contribution in [3.05, 3.63) is 29.3 Å². The predicted octanol–water partition coefficient (Wildman–Crippen LogP) is 2.55. The number of benzene rings is 1. The van der Waals surface area contributed by atoms with Gasteiger partial charge >= 0.3 is 0 Å². The number of methoxy groups -OCH3 is 1. The van der Waals surface area contributed by atoms with E-state index >= 15 is 0 Å². The lowest BCUT2D eigenvalue weighted by molar-refractivity contribution is 0.396. The highest BCUT2D eigenvalue weighted by atomic mass is 16.5. The quantitative estimate of drug-likeness (QED) is 0.860. The second-order valence-electron chi connectivity index (χ2n) is 5.39. The summed E-state index contributed by atoms with van der Waals surface area (Å²) in [6.45, 7) is 1.23. The van der Waals surface area contributed by atoms with Crippen LogP contribution in [-0.4, -0.2) is 19.7 Å². The molecule has 1 atom stereocenters. The van der Waals surface area contributed by atoms with Crippen LogP contribution in [0.4, 0.5) is 0 Å². The topological polar surface area (TPSA) is 21.3 Å². The highest BCUT2D eigenvalue weighted by molar-refractivity contribution is 5.42. The van der Waals surface area contributed by atoms with E-state index in [4.69, 9.17) is 4.74 Å². The van der Waals surface area contributed by atoms with Gasteiger partial charge in [0, 0.05) is 6.04 Å². The first kappa shape index (κ1) is 11.1. The summed E-state index contributed by atoms with van der Waals surface area (Å²) in [5.41, 5.74) is 2.91. The molecule has 1 saturated carbocycles. The average Bonchev–Trinajstić information content (AvgIpc) is 3.19. The van der Waals surface area contributed by atoms with Crippen molar-refractivity contribution < 1.29 is 4.74 Å². The summed E-state index contributed by atoms with van der Waals surface area (Å²) in [5.74, 6) is 2.05. The molecule has 2 aliphatic carbocycles. The lowest BCUT2D eigenvalue weighted by atomic mass is 9.87. The predicted molar refractivity (Wildman–Crippen MR) is 69.5 cm³/mol. The number of rotatable bonds is 4. The zero-order valence-corrected chi connectivity index (χ0v) is 10.5. The summed E-state index contributed by atoms with van der Waals surface area (Å²) >= 11 is 0. The molecule has 1 N–H and O–H groups in total. The second-order valence-corrected chi connectivity index (χ2v) is 5.39. The van der Waals surface area contributed by atoms with Crippen molar-refractivity contribution in [3.63, 3.8) is 0 Å². The average molecular weight is 231 g/mol. The molecule has 0 bridgehead atoms. The van der Waals surface area contributed by atoms with E-state index in [1.54, 1.807) is 7.11 Å². The molecule has 2 heteroatoms. The summed E-state index contributed by atoms with van der Waals surface area (Å²) < 4.78 is 5.44. The van der Waals surface area contributed by atoms with Crippen LogP contribution in [0, 0.1) is 5.92 Å². The summed E-state index contributed by atoms with van der Waals surface area (Å²) in [6.07, 6.45) is 6.44. The monoisotopic (exact) mass is 231 g/mol. The smallest absolute Gasteiger partial charge is 0.122 e. The molecule has 0 radical (unpaired) electrons. The molecular formula is C15H21NO. The first-order valence-electron chi connectivity index (χ1n) is 6.75. The Labute approximate surface area is 103 Å². The minimum atomic E-state index is 0.676. The molecule has 1 unspecified atom stereocenters. The number of hydrogen-bond acceptors (Lipinski definition) is 2. The Kier molecular flexibility index (Phi) is 3.06. The molecule has 92 valence electrons. The van der Waals surface area contributed by atoms with Gasteiger partial charge in [0.05, 0.1) is 7.11 Å². The Hall–Kier alpha value is -1.02. The van der Waals surface area contributed by atoms with Crippen LogP contribution in [0.1, 0.15) is 30.4 Å². The molecule has 0 amide bonds. The van der Waals surface area contributed by atoms with Gasteiger partial charge in [-0.2, -0.15) is 0 Å². The molecule has 0 spiro atoms. The molecule has 0 heterocycles. The van der Waals surface area contributed by atoms with Crippen LogP contribution in [0.15, 0.2) is 18.2 Å². The minimum absolute atomic E-state index is 0.676. The van der Waals surface area contributed by atoms with Crippen LogP contribution in [0.25, 0.3) is 0 Å². The molecule has 1 fully saturated rings. The molecule has 0 saturated heterocycles. The van der Waals surface area contributed by atoms with Crippen molar-refractivity contribution in [2.75, 3.05) is 13.7 Å². The van der Waals surface area contributed by atoms with Crippen molar-refractivity contribution in [1.29, 1.82) is 0 Å². The van der Waals surface area contributed by atoms with E-state index in [1.807, 2.05) is 0 Å². The van der Waals surface area contributed by atoms with Crippen LogP contribution in [-0.2, 0) is 12.8 Å². The largest absolute Gasteiger partial charge is 0.496 e. The molecule has 2 nitrogen and oxygen atoms in total. The Morgan fingerprint density at radius 3 is 2.94 bits per heavy atom. The minimum Gasteiger partial charge on any atom is -0.496 e. The Morgan fingerprint density at radius 1 is 1.29 bits per heavy atom. The zero-order chi connectivity index (χ0) is 11.7. The van der Waals surface area contributed by atoms with Crippen LogP contribution in [0.2, 0.25) is 0 Å². The normalized spacial score (nSPS) is 23.2. The van der Waals surface area contributed by atoms with Crippen molar-refractivity contribution in [2.45, 2.75) is 38.1 Å². The van der Waals surface area contributed by atoms with Gasteiger partial charge in [-0.25, -0.2) is 0 Å². The van der Waals surface area contributed by atoms with E-state index < -0.39 is 0 Å². The molecule has 1 aromatic rings. The maximum atomic E-state index is 5.44. The van der Waals surface area contributed by atoms with Gasteiger partial charge in [-0.15, -0.1) is 0 Å². The highest BCUT2D eigenvalue weighted by Crippen LogP contribution is 2.31. The first-order valence-corrected chi connectivity index (χ1v) is 6.75. The number of hydrogen-bond donors (Lipinski definition) is 1. The Balaban J connectivity index is 1.67. The van der Waals surface area contributed by atoms with Gasteiger partial charge in [-0.3, -0.25) is 0 Å². The van der Waals surface area contributed by atoms with Gasteiger partial charge in [0.25, 0.3) is 0 Å². The maximum absolute atomic E-state index is 5.44. The summed E-state index contributed by atoms with van der Waals surface area (Å²) in [6, 6.07) is 7.12. The van der Waals surface area contributed by atoms with Gasteiger partial charge in [0.2, 0.25) is 0 Å². The van der Waals surface area contributed by atoms with Gasteiger partial charge < -0.3 is 10.1 Å². The summed E-state index contributed by atoms with van der Waals surface area (Å²) in [7, 11) is 1.77. The number of ether oxygens (including phenoxy) is 1. The third kappa shape index (κ3) is 2.47. The first-order chi connectivity index (χ1) is 8.36. The number of fused-ring (bicyclic) bond motifs is 1. The van der Waals surface area contributed by atoms with E-state index in [2.05, 4.69) is 23.5 Å². The summed E-state index contributed by atoms with van der Waals surface area (Å²) in [4.78, 5) is 0. The molecular weight excluding hydrogens is 210 g/mol. The van der Waals surface area contributed by atoms with E-state index in [-0.39, 0.29) is 0 Å². The molecule has 1 aromatic carbocycles.